The molecule has 24 heavy (non-hydrogen) atoms. The van der Waals surface area contributed by atoms with Gasteiger partial charge < -0.3 is 20.1 Å². The van der Waals surface area contributed by atoms with Crippen LogP contribution in [0.5, 0.6) is 11.5 Å². The molecule has 0 unspecified atom stereocenters. The molecule has 2 aromatic rings. The lowest BCUT2D eigenvalue weighted by Crippen LogP contribution is -2.29. The van der Waals surface area contributed by atoms with Crippen LogP contribution in [0.3, 0.4) is 0 Å². The third-order valence-electron chi connectivity index (χ3n) is 3.11. The van der Waals surface area contributed by atoms with E-state index in [2.05, 4.69) is 10.6 Å². The molecule has 0 aromatic heterocycles. The lowest BCUT2D eigenvalue weighted by molar-refractivity contribution is -0.132. The molecule has 0 aliphatic carbocycles. The Kier molecular flexibility index (Phi) is 4.54. The number of carbonyl (C=O) groups is 2. The SMILES string of the molecule is N#CSc1ccc(NC(=O)C(=O)Nc2ccc3c(c2)OCO3)cc1. The Balaban J connectivity index is 1.60. The first-order valence-corrected chi connectivity index (χ1v) is 7.65. The summed E-state index contributed by atoms with van der Waals surface area (Å²) in [5.74, 6) is -0.496. The average Bonchev–Trinajstić information content (AvgIpc) is 3.04. The van der Waals surface area contributed by atoms with Gasteiger partial charge in [0.05, 0.1) is 0 Å². The van der Waals surface area contributed by atoms with Gasteiger partial charge in [-0.1, -0.05) is 0 Å². The number of carbonyl (C=O) groups excluding carboxylic acids is 2. The summed E-state index contributed by atoms with van der Waals surface area (Å²) >= 11 is 1.01. The van der Waals surface area contributed by atoms with Crippen molar-refractivity contribution in [2.75, 3.05) is 17.4 Å². The highest BCUT2D eigenvalue weighted by Crippen LogP contribution is 2.34. The number of thioether (sulfide) groups is 1. The number of nitrogens with one attached hydrogen (secondary N) is 2. The molecule has 3 rings (SSSR count). The summed E-state index contributed by atoms with van der Waals surface area (Å²) in [4.78, 5) is 24.6. The van der Waals surface area contributed by atoms with E-state index in [1.54, 1.807) is 42.5 Å². The van der Waals surface area contributed by atoms with Crippen molar-refractivity contribution in [1.82, 2.24) is 0 Å². The van der Waals surface area contributed by atoms with Gasteiger partial charge in [-0.3, -0.25) is 9.59 Å². The zero-order chi connectivity index (χ0) is 16.9. The summed E-state index contributed by atoms with van der Waals surface area (Å²) in [6.45, 7) is 0.132. The molecule has 0 radical (unpaired) electrons. The smallest absolute Gasteiger partial charge is 0.314 e. The van der Waals surface area contributed by atoms with Gasteiger partial charge in [-0.25, -0.2) is 0 Å². The predicted molar refractivity (Wildman–Crippen MR) is 87.7 cm³/mol. The van der Waals surface area contributed by atoms with Crippen molar-refractivity contribution < 1.29 is 19.1 Å². The zero-order valence-corrected chi connectivity index (χ0v) is 13.1. The third kappa shape index (κ3) is 3.59. The van der Waals surface area contributed by atoms with E-state index in [1.165, 1.54) is 0 Å². The molecule has 2 aromatic carbocycles. The normalized spacial score (nSPS) is 11.5. The standard InChI is InChI=1S/C16H11N3O4S/c17-8-24-12-4-1-10(2-5-12)18-15(20)16(21)19-11-3-6-13-14(7-11)23-9-22-13/h1-7H,9H2,(H,18,20)(H,19,21). The number of nitrogens with zero attached hydrogens (tertiary/aromatic N) is 1. The first kappa shape index (κ1) is 15.7. The van der Waals surface area contributed by atoms with Crippen molar-refractivity contribution >= 4 is 35.0 Å². The number of ether oxygens (including phenoxy) is 2. The van der Waals surface area contributed by atoms with Crippen LogP contribution in [0.1, 0.15) is 0 Å². The highest BCUT2D eigenvalue weighted by molar-refractivity contribution is 8.03. The van der Waals surface area contributed by atoms with Crippen molar-refractivity contribution in [2.24, 2.45) is 0 Å². The Morgan fingerprint density at radius 1 is 0.958 bits per heavy atom. The maximum absolute atomic E-state index is 11.9. The summed E-state index contributed by atoms with van der Waals surface area (Å²) in [5.41, 5.74) is 0.892. The zero-order valence-electron chi connectivity index (χ0n) is 12.2. The molecular weight excluding hydrogens is 330 g/mol. The number of anilines is 2. The van der Waals surface area contributed by atoms with Crippen molar-refractivity contribution in [3.63, 3.8) is 0 Å². The number of fused-ring (bicyclic) bond motifs is 1. The summed E-state index contributed by atoms with van der Waals surface area (Å²) in [6.07, 6.45) is 0. The number of thiocyanates is 1. The largest absolute Gasteiger partial charge is 0.454 e. The van der Waals surface area contributed by atoms with Crippen LogP contribution in [-0.4, -0.2) is 18.6 Å². The van der Waals surface area contributed by atoms with E-state index in [9.17, 15) is 9.59 Å². The number of amides is 2. The highest BCUT2D eigenvalue weighted by Gasteiger charge is 2.17. The van der Waals surface area contributed by atoms with Gasteiger partial charge >= 0.3 is 11.8 Å². The number of benzene rings is 2. The highest BCUT2D eigenvalue weighted by atomic mass is 32.2. The number of hydrogen-bond donors (Lipinski definition) is 2. The second-order valence-corrected chi connectivity index (χ2v) is 5.55. The van der Waals surface area contributed by atoms with Crippen LogP contribution in [0.15, 0.2) is 47.4 Å². The van der Waals surface area contributed by atoms with Gasteiger partial charge in [0.1, 0.15) is 5.40 Å². The molecule has 1 heterocycles. The minimum absolute atomic E-state index is 0.132. The first-order chi connectivity index (χ1) is 11.7. The fourth-order valence-corrected chi connectivity index (χ4v) is 2.39. The quantitative estimate of drug-likeness (QED) is 0.505. The van der Waals surface area contributed by atoms with Crippen molar-refractivity contribution in [1.29, 1.82) is 5.26 Å². The summed E-state index contributed by atoms with van der Waals surface area (Å²) in [5, 5.41) is 15.5. The Hall–Kier alpha value is -3.18. The van der Waals surface area contributed by atoms with Crippen molar-refractivity contribution in [3.8, 4) is 16.9 Å². The third-order valence-corrected chi connectivity index (χ3v) is 3.71. The minimum atomic E-state index is -0.802. The van der Waals surface area contributed by atoms with Gasteiger partial charge in [-0.05, 0) is 48.2 Å². The molecule has 0 saturated carbocycles. The van der Waals surface area contributed by atoms with Crippen molar-refractivity contribution in [2.45, 2.75) is 4.90 Å². The van der Waals surface area contributed by atoms with E-state index >= 15 is 0 Å². The summed E-state index contributed by atoms with van der Waals surface area (Å²) < 4.78 is 10.4. The van der Waals surface area contributed by atoms with Crippen LogP contribution >= 0.6 is 11.8 Å². The molecule has 0 saturated heterocycles. The second kappa shape index (κ2) is 6.93. The van der Waals surface area contributed by atoms with E-state index in [0.29, 0.717) is 22.9 Å². The summed E-state index contributed by atoms with van der Waals surface area (Å²) in [7, 11) is 0. The van der Waals surface area contributed by atoms with E-state index in [4.69, 9.17) is 14.7 Å². The molecule has 0 fully saturated rings. The first-order valence-electron chi connectivity index (χ1n) is 6.84. The molecule has 0 bridgehead atoms. The van der Waals surface area contributed by atoms with Crippen molar-refractivity contribution in [3.05, 3.63) is 42.5 Å². The molecule has 7 nitrogen and oxygen atoms in total. The lowest BCUT2D eigenvalue weighted by Gasteiger charge is -2.07. The Labute approximate surface area is 141 Å². The second-order valence-electron chi connectivity index (χ2n) is 4.69. The predicted octanol–water partition coefficient (Wildman–Crippen LogP) is 2.57. The minimum Gasteiger partial charge on any atom is -0.454 e. The van der Waals surface area contributed by atoms with E-state index in [1.807, 2.05) is 5.40 Å². The molecule has 2 amide bonds. The van der Waals surface area contributed by atoms with Gasteiger partial charge in [0.15, 0.2) is 11.5 Å². The van der Waals surface area contributed by atoms with E-state index in [-0.39, 0.29) is 6.79 Å². The Morgan fingerprint density at radius 3 is 2.29 bits per heavy atom. The van der Waals surface area contributed by atoms with E-state index in [0.717, 1.165) is 16.7 Å². The molecule has 1 aliphatic heterocycles. The monoisotopic (exact) mass is 341 g/mol. The van der Waals surface area contributed by atoms with Crippen LogP contribution < -0.4 is 20.1 Å². The van der Waals surface area contributed by atoms with Gasteiger partial charge in [-0.2, -0.15) is 5.26 Å². The van der Waals surface area contributed by atoms with Crippen LogP contribution in [0.25, 0.3) is 0 Å². The Morgan fingerprint density at radius 2 is 1.58 bits per heavy atom. The van der Waals surface area contributed by atoms with Gasteiger partial charge in [0.2, 0.25) is 6.79 Å². The average molecular weight is 341 g/mol. The fraction of sp³-hybridized carbons (Fsp3) is 0.0625. The maximum Gasteiger partial charge on any atom is 0.314 e. The molecule has 2 N–H and O–H groups in total. The van der Waals surface area contributed by atoms with Crippen LogP contribution in [0.4, 0.5) is 11.4 Å². The number of nitriles is 1. The van der Waals surface area contributed by atoms with Gasteiger partial charge in [0.25, 0.3) is 0 Å². The molecule has 0 spiro atoms. The topological polar surface area (TPSA) is 100 Å². The fourth-order valence-electron chi connectivity index (χ4n) is 2.01. The number of hydrogen-bond acceptors (Lipinski definition) is 6. The molecule has 0 atom stereocenters. The Bertz CT molecular complexity index is 830. The van der Waals surface area contributed by atoms with Gasteiger partial charge in [0, 0.05) is 22.3 Å². The molecule has 120 valence electrons. The molecular formula is C16H11N3O4S. The van der Waals surface area contributed by atoms with E-state index < -0.39 is 11.8 Å². The molecule has 1 aliphatic rings. The van der Waals surface area contributed by atoms with Crippen LogP contribution in [0.2, 0.25) is 0 Å². The van der Waals surface area contributed by atoms with Crippen LogP contribution in [-0.2, 0) is 9.59 Å². The lowest BCUT2D eigenvalue weighted by atomic mass is 10.2. The summed E-state index contributed by atoms with van der Waals surface area (Å²) in [6, 6.07) is 11.4. The number of rotatable bonds is 3. The van der Waals surface area contributed by atoms with Gasteiger partial charge in [-0.15, -0.1) is 0 Å². The maximum atomic E-state index is 11.9. The molecule has 8 heteroatoms. The van der Waals surface area contributed by atoms with Crippen LogP contribution in [0, 0.1) is 10.7 Å².